The molecule has 0 unspecified atom stereocenters. The number of benzene rings is 2. The fraction of sp³-hybridized carbons (Fsp3) is 0.0625. The van der Waals surface area contributed by atoms with Crippen molar-refractivity contribution in [1.29, 1.82) is 0 Å². The second-order valence-electron chi connectivity index (χ2n) is 4.60. The number of para-hydroxylation sites is 2. The van der Waals surface area contributed by atoms with Gasteiger partial charge in [0.15, 0.2) is 10.2 Å². The van der Waals surface area contributed by atoms with Crippen LogP contribution in [0.25, 0.3) is 10.2 Å². The van der Waals surface area contributed by atoms with Crippen molar-refractivity contribution in [3.63, 3.8) is 0 Å². The Kier molecular flexibility index (Phi) is 4.50. The Hall–Kier alpha value is -2.51. The van der Waals surface area contributed by atoms with Crippen LogP contribution < -0.4 is 15.4 Å². The minimum absolute atomic E-state index is 0.194. The highest BCUT2D eigenvalue weighted by Crippen LogP contribution is 2.25. The first-order chi connectivity index (χ1) is 11.2. The van der Waals surface area contributed by atoms with Crippen LogP contribution in [0.15, 0.2) is 48.5 Å². The third kappa shape index (κ3) is 3.46. The number of fused-ring (bicyclic) bond motifs is 1. The van der Waals surface area contributed by atoms with Crippen LogP contribution in [-0.4, -0.2) is 23.1 Å². The highest BCUT2D eigenvalue weighted by Gasteiger charge is 2.13. The van der Waals surface area contributed by atoms with E-state index in [0.717, 1.165) is 10.2 Å². The Morgan fingerprint density at radius 1 is 1.17 bits per heavy atom. The highest BCUT2D eigenvalue weighted by atomic mass is 32.1. The lowest BCUT2D eigenvalue weighted by Crippen LogP contribution is -2.34. The predicted octanol–water partition coefficient (Wildman–Crippen LogP) is 3.43. The van der Waals surface area contributed by atoms with Crippen molar-refractivity contribution in [1.82, 2.24) is 10.3 Å². The number of nitrogens with zero attached hydrogens (tertiary/aromatic N) is 1. The van der Waals surface area contributed by atoms with Crippen LogP contribution in [0.2, 0.25) is 0 Å². The van der Waals surface area contributed by atoms with Crippen LogP contribution >= 0.6 is 23.6 Å². The van der Waals surface area contributed by atoms with E-state index in [1.54, 1.807) is 24.3 Å². The average Bonchev–Trinajstić information content (AvgIpc) is 2.96. The molecule has 0 atom stereocenters. The van der Waals surface area contributed by atoms with Gasteiger partial charge in [-0.1, -0.05) is 35.6 Å². The van der Waals surface area contributed by atoms with E-state index in [9.17, 15) is 4.79 Å². The van der Waals surface area contributed by atoms with Crippen LogP contribution in [0.1, 0.15) is 10.4 Å². The average molecular weight is 343 g/mol. The molecule has 1 heterocycles. The third-order valence-electron chi connectivity index (χ3n) is 3.09. The summed E-state index contributed by atoms with van der Waals surface area (Å²) in [5.41, 5.74) is 1.31. The van der Waals surface area contributed by atoms with E-state index >= 15 is 0 Å². The normalized spacial score (nSPS) is 10.3. The molecular formula is C16H13N3O2S2. The van der Waals surface area contributed by atoms with Crippen LogP contribution in [0.5, 0.6) is 5.75 Å². The Balaban J connectivity index is 1.70. The summed E-state index contributed by atoms with van der Waals surface area (Å²) in [5.74, 6) is 0.161. The highest BCUT2D eigenvalue weighted by molar-refractivity contribution is 7.80. The standard InChI is InChI=1S/C16H13N3O2S2/c1-21-12-8-4-2-6-10(12)14(20)18-15(22)19-16-17-11-7-3-5-9-13(11)23-16/h2-9H,1H3,(H2,17,18,19,20,22). The van der Waals surface area contributed by atoms with Crippen molar-refractivity contribution in [3.8, 4) is 5.75 Å². The maximum Gasteiger partial charge on any atom is 0.261 e. The molecule has 0 aliphatic rings. The SMILES string of the molecule is COc1ccccc1C(=O)NC(=S)Nc1nc2ccccc2s1. The summed E-state index contributed by atoms with van der Waals surface area (Å²) in [6.07, 6.45) is 0. The molecule has 1 aromatic heterocycles. The fourth-order valence-electron chi connectivity index (χ4n) is 2.06. The molecule has 0 aliphatic carbocycles. The van der Waals surface area contributed by atoms with Gasteiger partial charge in [0, 0.05) is 0 Å². The molecule has 2 N–H and O–H groups in total. The van der Waals surface area contributed by atoms with Gasteiger partial charge in [0.2, 0.25) is 0 Å². The molecular weight excluding hydrogens is 330 g/mol. The van der Waals surface area contributed by atoms with Crippen molar-refractivity contribution >= 4 is 49.9 Å². The Labute approximate surface area is 142 Å². The van der Waals surface area contributed by atoms with E-state index < -0.39 is 0 Å². The van der Waals surface area contributed by atoms with E-state index in [4.69, 9.17) is 17.0 Å². The molecule has 0 fully saturated rings. The molecule has 23 heavy (non-hydrogen) atoms. The number of aromatic nitrogens is 1. The molecule has 116 valence electrons. The van der Waals surface area contributed by atoms with Crippen molar-refractivity contribution in [2.75, 3.05) is 12.4 Å². The summed E-state index contributed by atoms with van der Waals surface area (Å²) >= 11 is 6.65. The molecule has 3 rings (SSSR count). The zero-order valence-corrected chi connectivity index (χ0v) is 13.8. The molecule has 2 aromatic carbocycles. The lowest BCUT2D eigenvalue weighted by molar-refractivity contribution is 0.0975. The van der Waals surface area contributed by atoms with Gasteiger partial charge >= 0.3 is 0 Å². The molecule has 3 aromatic rings. The quantitative estimate of drug-likeness (QED) is 0.714. The number of thiocarbonyl (C=S) groups is 1. The van der Waals surface area contributed by atoms with Crippen molar-refractivity contribution < 1.29 is 9.53 Å². The monoisotopic (exact) mass is 343 g/mol. The Morgan fingerprint density at radius 3 is 2.70 bits per heavy atom. The third-order valence-corrected chi connectivity index (χ3v) is 4.25. The molecule has 5 nitrogen and oxygen atoms in total. The molecule has 7 heteroatoms. The van der Waals surface area contributed by atoms with E-state index in [2.05, 4.69) is 15.6 Å². The van der Waals surface area contributed by atoms with Crippen LogP contribution in [0.3, 0.4) is 0 Å². The topological polar surface area (TPSA) is 63.2 Å². The van der Waals surface area contributed by atoms with E-state index in [-0.39, 0.29) is 11.0 Å². The number of hydrogen-bond donors (Lipinski definition) is 2. The van der Waals surface area contributed by atoms with E-state index in [1.807, 2.05) is 24.3 Å². The number of rotatable bonds is 3. The number of anilines is 1. The zero-order valence-electron chi connectivity index (χ0n) is 12.2. The number of thiazole rings is 1. The Morgan fingerprint density at radius 2 is 1.91 bits per heavy atom. The minimum Gasteiger partial charge on any atom is -0.496 e. The maximum absolute atomic E-state index is 12.3. The molecule has 0 saturated carbocycles. The van der Waals surface area contributed by atoms with Gasteiger partial charge in [-0.25, -0.2) is 4.98 Å². The molecule has 0 radical (unpaired) electrons. The largest absolute Gasteiger partial charge is 0.496 e. The number of amides is 1. The predicted molar refractivity (Wildman–Crippen MR) is 96.3 cm³/mol. The fourth-order valence-corrected chi connectivity index (χ4v) is 3.18. The number of hydrogen-bond acceptors (Lipinski definition) is 5. The molecule has 1 amide bonds. The van der Waals surface area contributed by atoms with E-state index in [1.165, 1.54) is 18.4 Å². The summed E-state index contributed by atoms with van der Waals surface area (Å²) in [7, 11) is 1.52. The first kappa shape index (κ1) is 15.4. The number of nitrogens with one attached hydrogen (secondary N) is 2. The number of carbonyl (C=O) groups excluding carboxylic acids is 1. The van der Waals surface area contributed by atoms with Gasteiger partial charge in [-0.15, -0.1) is 0 Å². The van der Waals surface area contributed by atoms with Gasteiger partial charge in [-0.05, 0) is 36.5 Å². The summed E-state index contributed by atoms with van der Waals surface area (Å²) in [6.45, 7) is 0. The first-order valence-electron chi connectivity index (χ1n) is 6.78. The van der Waals surface area contributed by atoms with Crippen molar-refractivity contribution in [3.05, 3.63) is 54.1 Å². The van der Waals surface area contributed by atoms with Crippen LogP contribution in [0, 0.1) is 0 Å². The summed E-state index contributed by atoms with van der Waals surface area (Å²) in [6, 6.07) is 14.7. The zero-order chi connectivity index (χ0) is 16.2. The molecule has 0 aliphatic heterocycles. The van der Waals surface area contributed by atoms with Crippen LogP contribution in [-0.2, 0) is 0 Å². The first-order valence-corrected chi connectivity index (χ1v) is 8.01. The second-order valence-corrected chi connectivity index (χ2v) is 6.03. The lowest BCUT2D eigenvalue weighted by atomic mass is 10.2. The number of carbonyl (C=O) groups is 1. The summed E-state index contributed by atoms with van der Waals surface area (Å²) < 4.78 is 6.22. The summed E-state index contributed by atoms with van der Waals surface area (Å²) in [5, 5.41) is 6.40. The van der Waals surface area contributed by atoms with Gasteiger partial charge in [0.25, 0.3) is 5.91 Å². The number of methoxy groups -OCH3 is 1. The van der Waals surface area contributed by atoms with Gasteiger partial charge in [0.1, 0.15) is 5.75 Å². The van der Waals surface area contributed by atoms with E-state index in [0.29, 0.717) is 16.4 Å². The van der Waals surface area contributed by atoms with Crippen molar-refractivity contribution in [2.24, 2.45) is 0 Å². The molecule has 0 bridgehead atoms. The lowest BCUT2D eigenvalue weighted by Gasteiger charge is -2.09. The molecule has 0 saturated heterocycles. The van der Waals surface area contributed by atoms with Gasteiger partial charge in [-0.2, -0.15) is 0 Å². The van der Waals surface area contributed by atoms with Gasteiger partial charge in [-0.3, -0.25) is 10.1 Å². The number of ether oxygens (including phenoxy) is 1. The summed E-state index contributed by atoms with van der Waals surface area (Å²) in [4.78, 5) is 16.7. The van der Waals surface area contributed by atoms with Crippen LogP contribution in [0.4, 0.5) is 5.13 Å². The van der Waals surface area contributed by atoms with Gasteiger partial charge < -0.3 is 10.1 Å². The molecule has 0 spiro atoms. The van der Waals surface area contributed by atoms with Gasteiger partial charge in [0.05, 0.1) is 22.9 Å². The maximum atomic E-state index is 12.3. The minimum atomic E-state index is -0.332. The second kappa shape index (κ2) is 6.72. The van der Waals surface area contributed by atoms with Crippen molar-refractivity contribution in [2.45, 2.75) is 0 Å². The smallest absolute Gasteiger partial charge is 0.261 e. The Bertz CT molecular complexity index is 843.